The van der Waals surface area contributed by atoms with Crippen LogP contribution in [-0.2, 0) is 10.0 Å². The molecular weight excluding hydrogens is 282 g/mol. The second kappa shape index (κ2) is 7.20. The number of unbranched alkanes of at least 4 members (excludes halogenated alkanes) is 3. The summed E-state index contributed by atoms with van der Waals surface area (Å²) < 4.78 is 23.0. The highest BCUT2D eigenvalue weighted by Crippen LogP contribution is 2.25. The fourth-order valence-corrected chi connectivity index (χ4v) is 2.51. The van der Waals surface area contributed by atoms with Crippen molar-refractivity contribution >= 4 is 21.4 Å². The summed E-state index contributed by atoms with van der Waals surface area (Å²) in [6, 6.07) is 3.60. The summed E-state index contributed by atoms with van der Waals surface area (Å²) in [5.74, 6) is 0. The molecular formula is C12H19N3O4S. The van der Waals surface area contributed by atoms with Crippen LogP contribution in [0.5, 0.6) is 0 Å². The van der Waals surface area contributed by atoms with Gasteiger partial charge in [0.05, 0.1) is 10.6 Å². The van der Waals surface area contributed by atoms with Crippen molar-refractivity contribution in [2.24, 2.45) is 5.14 Å². The van der Waals surface area contributed by atoms with Crippen molar-refractivity contribution in [3.63, 3.8) is 0 Å². The van der Waals surface area contributed by atoms with Crippen molar-refractivity contribution < 1.29 is 13.3 Å². The Morgan fingerprint density at radius 1 is 1.30 bits per heavy atom. The molecule has 8 heteroatoms. The molecule has 1 aromatic carbocycles. The Labute approximate surface area is 118 Å². The van der Waals surface area contributed by atoms with Crippen molar-refractivity contribution in [3.8, 4) is 0 Å². The van der Waals surface area contributed by atoms with Crippen LogP contribution in [0.1, 0.15) is 32.6 Å². The number of hydrogen-bond acceptors (Lipinski definition) is 5. The molecule has 20 heavy (non-hydrogen) atoms. The molecule has 0 aliphatic rings. The highest BCUT2D eigenvalue weighted by atomic mass is 32.2. The number of non-ortho nitro benzene ring substituents is 1. The third-order valence-electron chi connectivity index (χ3n) is 2.83. The molecule has 0 saturated heterocycles. The Morgan fingerprint density at radius 2 is 2.00 bits per heavy atom. The van der Waals surface area contributed by atoms with Gasteiger partial charge in [0.1, 0.15) is 4.90 Å². The summed E-state index contributed by atoms with van der Waals surface area (Å²) in [6.45, 7) is 2.70. The number of nitro benzene ring substituents is 1. The van der Waals surface area contributed by atoms with Crippen LogP contribution in [0.25, 0.3) is 0 Å². The molecule has 0 spiro atoms. The standard InChI is InChI=1S/C12H19N3O4S/c1-2-3-4-5-8-14-11-7-6-10(15(16)17)9-12(11)20(13,18)19/h6-7,9,14H,2-5,8H2,1H3,(H2,13,18,19). The maximum Gasteiger partial charge on any atom is 0.270 e. The van der Waals surface area contributed by atoms with E-state index in [1.807, 2.05) is 0 Å². The number of benzene rings is 1. The number of sulfonamides is 1. The van der Waals surface area contributed by atoms with Crippen LogP contribution >= 0.6 is 0 Å². The van der Waals surface area contributed by atoms with E-state index in [-0.39, 0.29) is 10.6 Å². The molecule has 0 aliphatic carbocycles. The van der Waals surface area contributed by atoms with E-state index < -0.39 is 14.9 Å². The number of nitro groups is 1. The summed E-state index contributed by atoms with van der Waals surface area (Å²) in [5, 5.41) is 18.7. The van der Waals surface area contributed by atoms with Gasteiger partial charge < -0.3 is 5.32 Å². The number of nitrogens with zero attached hydrogens (tertiary/aromatic N) is 1. The molecule has 0 radical (unpaired) electrons. The van der Waals surface area contributed by atoms with Gasteiger partial charge in [0.2, 0.25) is 10.0 Å². The summed E-state index contributed by atoms with van der Waals surface area (Å²) in [4.78, 5) is 9.77. The number of nitrogens with one attached hydrogen (secondary N) is 1. The topological polar surface area (TPSA) is 115 Å². The molecule has 3 N–H and O–H groups in total. The van der Waals surface area contributed by atoms with Crippen LogP contribution in [0.4, 0.5) is 11.4 Å². The lowest BCUT2D eigenvalue weighted by molar-refractivity contribution is -0.385. The normalized spacial score (nSPS) is 11.3. The number of anilines is 1. The monoisotopic (exact) mass is 301 g/mol. The van der Waals surface area contributed by atoms with Gasteiger partial charge in [-0.15, -0.1) is 0 Å². The average molecular weight is 301 g/mol. The number of rotatable bonds is 8. The minimum Gasteiger partial charge on any atom is -0.384 e. The molecule has 0 bridgehead atoms. The molecule has 0 fully saturated rings. The summed E-state index contributed by atoms with van der Waals surface area (Å²) in [6.07, 6.45) is 4.17. The van der Waals surface area contributed by atoms with Gasteiger partial charge in [0.15, 0.2) is 0 Å². The van der Waals surface area contributed by atoms with Gasteiger partial charge >= 0.3 is 0 Å². The number of nitrogens with two attached hydrogens (primary N) is 1. The van der Waals surface area contributed by atoms with Crippen LogP contribution in [0.15, 0.2) is 23.1 Å². The summed E-state index contributed by atoms with van der Waals surface area (Å²) in [7, 11) is -4.00. The largest absolute Gasteiger partial charge is 0.384 e. The maximum absolute atomic E-state index is 11.5. The van der Waals surface area contributed by atoms with E-state index in [0.29, 0.717) is 12.2 Å². The van der Waals surface area contributed by atoms with Gasteiger partial charge in [-0.25, -0.2) is 13.6 Å². The van der Waals surface area contributed by atoms with Gasteiger partial charge in [-0.05, 0) is 12.5 Å². The van der Waals surface area contributed by atoms with Crippen LogP contribution in [0, 0.1) is 10.1 Å². The highest BCUT2D eigenvalue weighted by molar-refractivity contribution is 7.89. The fourth-order valence-electron chi connectivity index (χ4n) is 1.78. The molecule has 7 nitrogen and oxygen atoms in total. The summed E-state index contributed by atoms with van der Waals surface area (Å²) >= 11 is 0. The Hall–Kier alpha value is -1.67. The van der Waals surface area contributed by atoms with E-state index >= 15 is 0 Å². The Balaban J connectivity index is 2.87. The minimum absolute atomic E-state index is 0.248. The molecule has 0 aromatic heterocycles. The molecule has 0 heterocycles. The van der Waals surface area contributed by atoms with Crippen molar-refractivity contribution in [1.29, 1.82) is 0 Å². The lowest BCUT2D eigenvalue weighted by Crippen LogP contribution is -2.16. The van der Waals surface area contributed by atoms with E-state index in [4.69, 9.17) is 5.14 Å². The molecule has 1 aromatic rings. The van der Waals surface area contributed by atoms with Gasteiger partial charge in [0, 0.05) is 18.7 Å². The second-order valence-electron chi connectivity index (χ2n) is 4.47. The van der Waals surface area contributed by atoms with Crippen molar-refractivity contribution in [1.82, 2.24) is 0 Å². The first-order chi connectivity index (χ1) is 9.36. The van der Waals surface area contributed by atoms with Crippen LogP contribution in [-0.4, -0.2) is 19.9 Å². The third-order valence-corrected chi connectivity index (χ3v) is 3.78. The van der Waals surface area contributed by atoms with Gasteiger partial charge in [0.25, 0.3) is 5.69 Å². The zero-order chi connectivity index (χ0) is 15.2. The van der Waals surface area contributed by atoms with E-state index in [1.54, 1.807) is 0 Å². The SMILES string of the molecule is CCCCCCNc1ccc([N+](=O)[O-])cc1S(N)(=O)=O. The maximum atomic E-state index is 11.5. The predicted molar refractivity (Wildman–Crippen MR) is 77.1 cm³/mol. The smallest absolute Gasteiger partial charge is 0.270 e. The van der Waals surface area contributed by atoms with Crippen LogP contribution in [0.3, 0.4) is 0 Å². The first kappa shape index (κ1) is 16.4. The first-order valence-corrected chi connectivity index (χ1v) is 7.96. The van der Waals surface area contributed by atoms with Gasteiger partial charge in [-0.2, -0.15) is 0 Å². The zero-order valence-electron chi connectivity index (χ0n) is 11.3. The second-order valence-corrected chi connectivity index (χ2v) is 6.00. The molecule has 1 rings (SSSR count). The van der Waals surface area contributed by atoms with Gasteiger partial charge in [-0.1, -0.05) is 26.2 Å². The van der Waals surface area contributed by atoms with E-state index in [1.165, 1.54) is 12.1 Å². The summed E-state index contributed by atoms with van der Waals surface area (Å²) in [5.41, 5.74) is 0.000145. The molecule has 112 valence electrons. The molecule has 0 amide bonds. The predicted octanol–water partition coefficient (Wildman–Crippen LogP) is 2.23. The van der Waals surface area contributed by atoms with E-state index in [9.17, 15) is 18.5 Å². The average Bonchev–Trinajstić information content (AvgIpc) is 2.37. The molecule has 0 aliphatic heterocycles. The first-order valence-electron chi connectivity index (χ1n) is 6.41. The van der Waals surface area contributed by atoms with Crippen molar-refractivity contribution in [2.45, 2.75) is 37.5 Å². The van der Waals surface area contributed by atoms with Crippen LogP contribution < -0.4 is 10.5 Å². The zero-order valence-corrected chi connectivity index (χ0v) is 12.1. The Kier molecular flexibility index (Phi) is 5.90. The van der Waals surface area contributed by atoms with Gasteiger partial charge in [-0.3, -0.25) is 10.1 Å². The number of primary sulfonamides is 1. The quantitative estimate of drug-likeness (QED) is 0.434. The van der Waals surface area contributed by atoms with E-state index in [2.05, 4.69) is 12.2 Å². The minimum atomic E-state index is -4.00. The molecule has 0 atom stereocenters. The van der Waals surface area contributed by atoms with Crippen molar-refractivity contribution in [2.75, 3.05) is 11.9 Å². The molecule has 0 unspecified atom stereocenters. The fraction of sp³-hybridized carbons (Fsp3) is 0.500. The molecule has 0 saturated carbocycles. The van der Waals surface area contributed by atoms with Crippen LogP contribution in [0.2, 0.25) is 0 Å². The Bertz CT molecular complexity index is 572. The lowest BCUT2D eigenvalue weighted by atomic mass is 10.2. The number of hydrogen-bond donors (Lipinski definition) is 2. The lowest BCUT2D eigenvalue weighted by Gasteiger charge is -2.10. The Morgan fingerprint density at radius 3 is 2.55 bits per heavy atom. The van der Waals surface area contributed by atoms with Crippen molar-refractivity contribution in [3.05, 3.63) is 28.3 Å². The third kappa shape index (κ3) is 4.78. The van der Waals surface area contributed by atoms with E-state index in [0.717, 1.165) is 31.7 Å². The highest BCUT2D eigenvalue weighted by Gasteiger charge is 2.18.